The summed E-state index contributed by atoms with van der Waals surface area (Å²) in [7, 11) is 0. The molecule has 0 fully saturated rings. The fraction of sp³-hybridized carbons (Fsp3) is 0.924. The summed E-state index contributed by atoms with van der Waals surface area (Å²) in [5.74, 6) is -0.0419. The summed E-state index contributed by atoms with van der Waals surface area (Å²) in [6.45, 7) is 4.96. The van der Waals surface area contributed by atoms with Crippen molar-refractivity contribution < 1.29 is 24.5 Å². The van der Waals surface area contributed by atoms with Crippen molar-refractivity contribution in [3.8, 4) is 0 Å². The average molecular weight is 1200 g/mol. The van der Waals surface area contributed by atoms with Crippen LogP contribution in [0, 0.1) is 0 Å². The van der Waals surface area contributed by atoms with E-state index >= 15 is 0 Å². The first-order valence-corrected chi connectivity index (χ1v) is 39.1. The standard InChI is InChI=1S/C79H153NO5/c1-3-5-7-9-11-13-15-17-19-21-23-32-36-39-43-47-51-55-59-63-67-71-77(82)76(75-81)80-78(83)72-68-64-60-56-52-48-44-40-37-33-30-28-26-24-25-27-29-31-34-38-42-46-50-54-58-62-66-70-74-85-79(84)73-69-65-61-57-53-49-45-41-35-22-20-18-16-14-12-10-8-6-4-2/h24-25,67,71,76-77,81-82H,3-23,26-66,68-70,72-75H2,1-2H3,(H,80,83)/b25-24-,71-67+. The molecule has 0 aliphatic carbocycles. The van der Waals surface area contributed by atoms with Crippen LogP contribution in [-0.2, 0) is 14.3 Å². The van der Waals surface area contributed by atoms with E-state index in [1.165, 1.54) is 379 Å². The van der Waals surface area contributed by atoms with Crippen LogP contribution >= 0.6 is 0 Å². The smallest absolute Gasteiger partial charge is 0.305 e. The lowest BCUT2D eigenvalue weighted by atomic mass is 10.0. The lowest BCUT2D eigenvalue weighted by molar-refractivity contribution is -0.143. The first-order chi connectivity index (χ1) is 42.0. The predicted octanol–water partition coefficient (Wildman–Crippen LogP) is 25.7. The second kappa shape index (κ2) is 74.8. The molecule has 85 heavy (non-hydrogen) atoms. The van der Waals surface area contributed by atoms with Gasteiger partial charge in [0.05, 0.1) is 25.4 Å². The summed E-state index contributed by atoms with van der Waals surface area (Å²) in [5, 5.41) is 23.3. The Bertz CT molecular complexity index is 1330. The summed E-state index contributed by atoms with van der Waals surface area (Å²) >= 11 is 0. The van der Waals surface area contributed by atoms with Gasteiger partial charge in [0.25, 0.3) is 0 Å². The van der Waals surface area contributed by atoms with Gasteiger partial charge in [0, 0.05) is 12.8 Å². The molecule has 0 spiro atoms. The Kier molecular flexibility index (Phi) is 73.3. The Morgan fingerprint density at radius 3 is 0.835 bits per heavy atom. The molecular formula is C79H153NO5. The molecule has 2 unspecified atom stereocenters. The Balaban J connectivity index is 3.38. The first-order valence-electron chi connectivity index (χ1n) is 39.1. The average Bonchev–Trinajstić information content (AvgIpc) is 3.51. The van der Waals surface area contributed by atoms with Crippen molar-refractivity contribution in [1.82, 2.24) is 5.32 Å². The van der Waals surface area contributed by atoms with Crippen molar-refractivity contribution in [2.24, 2.45) is 0 Å². The lowest BCUT2D eigenvalue weighted by Gasteiger charge is -2.20. The Hall–Kier alpha value is -1.66. The van der Waals surface area contributed by atoms with E-state index < -0.39 is 12.1 Å². The minimum Gasteiger partial charge on any atom is -0.466 e. The number of ether oxygens (including phenoxy) is 1. The molecule has 3 N–H and O–H groups in total. The molecule has 0 aromatic rings. The third-order valence-electron chi connectivity index (χ3n) is 18.5. The molecule has 504 valence electrons. The summed E-state index contributed by atoms with van der Waals surface area (Å²) in [6, 6.07) is -0.629. The van der Waals surface area contributed by atoms with Gasteiger partial charge in [0.15, 0.2) is 0 Å². The number of amides is 1. The van der Waals surface area contributed by atoms with Gasteiger partial charge in [-0.25, -0.2) is 0 Å². The molecule has 0 aromatic heterocycles. The molecule has 0 bridgehead atoms. The maximum absolute atomic E-state index is 12.5. The zero-order valence-electron chi connectivity index (χ0n) is 57.9. The molecule has 0 saturated heterocycles. The van der Waals surface area contributed by atoms with Crippen molar-refractivity contribution in [2.75, 3.05) is 13.2 Å². The van der Waals surface area contributed by atoms with Crippen LogP contribution in [0.25, 0.3) is 0 Å². The largest absolute Gasteiger partial charge is 0.466 e. The van der Waals surface area contributed by atoms with Gasteiger partial charge in [-0.15, -0.1) is 0 Å². The van der Waals surface area contributed by atoms with E-state index in [0.717, 1.165) is 38.5 Å². The quantitative estimate of drug-likeness (QED) is 0.0320. The van der Waals surface area contributed by atoms with E-state index in [2.05, 4.69) is 31.3 Å². The number of hydrogen-bond acceptors (Lipinski definition) is 5. The van der Waals surface area contributed by atoms with Gasteiger partial charge in [-0.3, -0.25) is 9.59 Å². The Labute approximate surface area is 532 Å². The van der Waals surface area contributed by atoms with E-state index in [4.69, 9.17) is 4.74 Å². The second-order valence-corrected chi connectivity index (χ2v) is 27.0. The van der Waals surface area contributed by atoms with Crippen LogP contribution in [0.3, 0.4) is 0 Å². The highest BCUT2D eigenvalue weighted by Gasteiger charge is 2.18. The fourth-order valence-corrected chi connectivity index (χ4v) is 12.5. The molecule has 0 saturated carbocycles. The fourth-order valence-electron chi connectivity index (χ4n) is 12.5. The predicted molar refractivity (Wildman–Crippen MR) is 375 cm³/mol. The minimum atomic E-state index is -0.845. The number of carbonyl (C=O) groups excluding carboxylic acids is 2. The van der Waals surface area contributed by atoms with E-state index in [1.807, 2.05) is 6.08 Å². The number of aliphatic hydroxyl groups excluding tert-OH is 2. The highest BCUT2D eigenvalue weighted by Crippen LogP contribution is 2.20. The SMILES string of the molecule is CCCCCCCCCCCCCCCCCCCCC/C=C/C(O)C(CO)NC(=O)CCCCCCCCCCCCCC/C=C\CCCCCCCCCCCCCCOC(=O)CCCCCCCCCCCCCCCCCCCCC. The summed E-state index contributed by atoms with van der Waals surface area (Å²) in [5.41, 5.74) is 0. The Morgan fingerprint density at radius 1 is 0.318 bits per heavy atom. The summed E-state index contributed by atoms with van der Waals surface area (Å²) in [4.78, 5) is 24.7. The van der Waals surface area contributed by atoms with E-state index in [0.29, 0.717) is 19.4 Å². The maximum atomic E-state index is 12.5. The van der Waals surface area contributed by atoms with E-state index in [-0.39, 0.29) is 18.5 Å². The molecule has 0 radical (unpaired) electrons. The number of allylic oxidation sites excluding steroid dienone is 3. The Morgan fingerprint density at radius 2 is 0.553 bits per heavy atom. The van der Waals surface area contributed by atoms with Crippen LogP contribution in [0.15, 0.2) is 24.3 Å². The number of esters is 1. The maximum Gasteiger partial charge on any atom is 0.305 e. The van der Waals surface area contributed by atoms with Crippen molar-refractivity contribution >= 4 is 11.9 Å². The summed E-state index contributed by atoms with van der Waals surface area (Å²) in [6.07, 6.45) is 95.8. The third kappa shape index (κ3) is 71.3. The number of carbonyl (C=O) groups is 2. The monoisotopic (exact) mass is 1200 g/mol. The van der Waals surface area contributed by atoms with Gasteiger partial charge in [-0.2, -0.15) is 0 Å². The van der Waals surface area contributed by atoms with Crippen LogP contribution in [-0.4, -0.2) is 47.4 Å². The second-order valence-electron chi connectivity index (χ2n) is 27.0. The summed E-state index contributed by atoms with van der Waals surface area (Å²) < 4.78 is 5.52. The zero-order valence-corrected chi connectivity index (χ0v) is 57.9. The van der Waals surface area contributed by atoms with Crippen LogP contribution in [0.4, 0.5) is 0 Å². The topological polar surface area (TPSA) is 95.9 Å². The van der Waals surface area contributed by atoms with Gasteiger partial charge >= 0.3 is 5.97 Å². The van der Waals surface area contributed by atoms with Crippen LogP contribution in [0.5, 0.6) is 0 Å². The molecule has 0 heterocycles. The van der Waals surface area contributed by atoms with Crippen LogP contribution < -0.4 is 5.32 Å². The van der Waals surface area contributed by atoms with Crippen molar-refractivity contribution in [3.05, 3.63) is 24.3 Å². The lowest BCUT2D eigenvalue weighted by Crippen LogP contribution is -2.45. The van der Waals surface area contributed by atoms with Crippen LogP contribution in [0.1, 0.15) is 444 Å². The zero-order chi connectivity index (χ0) is 61.3. The van der Waals surface area contributed by atoms with Crippen molar-refractivity contribution in [3.63, 3.8) is 0 Å². The molecule has 1 amide bonds. The van der Waals surface area contributed by atoms with Crippen molar-refractivity contribution in [1.29, 1.82) is 0 Å². The van der Waals surface area contributed by atoms with Gasteiger partial charge < -0.3 is 20.3 Å². The third-order valence-corrected chi connectivity index (χ3v) is 18.5. The van der Waals surface area contributed by atoms with E-state index in [1.54, 1.807) is 6.08 Å². The normalized spacial score (nSPS) is 12.6. The number of unbranched alkanes of at least 4 members (excludes halogenated alkanes) is 61. The van der Waals surface area contributed by atoms with Gasteiger partial charge in [0.1, 0.15) is 0 Å². The molecule has 2 atom stereocenters. The molecule has 0 rings (SSSR count). The molecular weight excluding hydrogens is 1040 g/mol. The number of aliphatic hydroxyl groups is 2. The van der Waals surface area contributed by atoms with Gasteiger partial charge in [-0.05, 0) is 57.8 Å². The number of nitrogens with one attached hydrogen (secondary N) is 1. The van der Waals surface area contributed by atoms with Crippen molar-refractivity contribution in [2.45, 2.75) is 456 Å². The minimum absolute atomic E-state index is 0.0214. The highest BCUT2D eigenvalue weighted by atomic mass is 16.5. The van der Waals surface area contributed by atoms with E-state index in [9.17, 15) is 19.8 Å². The number of hydrogen-bond donors (Lipinski definition) is 3. The van der Waals surface area contributed by atoms with Gasteiger partial charge in [-0.1, -0.05) is 398 Å². The number of rotatable bonds is 74. The molecule has 6 heteroatoms. The highest BCUT2D eigenvalue weighted by molar-refractivity contribution is 5.76. The van der Waals surface area contributed by atoms with Gasteiger partial charge in [0.2, 0.25) is 5.91 Å². The van der Waals surface area contributed by atoms with Crippen LogP contribution in [0.2, 0.25) is 0 Å². The molecule has 0 aliphatic rings. The first kappa shape index (κ1) is 83.3. The molecule has 6 nitrogen and oxygen atoms in total. The molecule has 0 aromatic carbocycles. The molecule has 0 aliphatic heterocycles.